The fourth-order valence-electron chi connectivity index (χ4n) is 1.37. The molecule has 3 nitrogen and oxygen atoms in total. The molecule has 0 radical (unpaired) electrons. The maximum atomic E-state index is 5.53. The van der Waals surface area contributed by atoms with Gasteiger partial charge < -0.3 is 15.2 Å². The Morgan fingerprint density at radius 3 is 2.50 bits per heavy atom. The first-order valence-electron chi connectivity index (χ1n) is 4.34. The molecule has 0 heterocycles. The first-order valence-corrected chi connectivity index (χ1v) is 5.13. The summed E-state index contributed by atoms with van der Waals surface area (Å²) >= 11 is 3.42. The lowest BCUT2D eigenvalue weighted by molar-refractivity contribution is 0.384. The molecule has 0 amide bonds. The van der Waals surface area contributed by atoms with E-state index >= 15 is 0 Å². The van der Waals surface area contributed by atoms with Crippen molar-refractivity contribution in [1.29, 1.82) is 0 Å². The Kier molecular flexibility index (Phi) is 4.22. The van der Waals surface area contributed by atoms with E-state index < -0.39 is 0 Å². The molecule has 1 rings (SSSR count). The molecule has 1 aromatic rings. The minimum atomic E-state index is 0.573. The monoisotopic (exact) mass is 259 g/mol. The van der Waals surface area contributed by atoms with E-state index in [1.165, 1.54) is 0 Å². The summed E-state index contributed by atoms with van der Waals surface area (Å²) in [5.74, 6) is 1.62. The molecule has 0 saturated carbocycles. The number of halogens is 1. The summed E-state index contributed by atoms with van der Waals surface area (Å²) in [6.07, 6.45) is 0.742. The van der Waals surface area contributed by atoms with Gasteiger partial charge in [-0.05, 0) is 41.0 Å². The first-order chi connectivity index (χ1) is 6.74. The predicted molar refractivity (Wildman–Crippen MR) is 60.0 cm³/mol. The largest absolute Gasteiger partial charge is 0.496 e. The van der Waals surface area contributed by atoms with E-state index in [2.05, 4.69) is 15.9 Å². The zero-order chi connectivity index (χ0) is 10.6. The fraction of sp³-hybridized carbons (Fsp3) is 0.400. The van der Waals surface area contributed by atoms with Gasteiger partial charge in [0.2, 0.25) is 0 Å². The van der Waals surface area contributed by atoms with Crippen LogP contribution in [0.25, 0.3) is 0 Å². The Bertz CT molecular complexity index is 315. The van der Waals surface area contributed by atoms with Crippen molar-refractivity contribution in [3.05, 3.63) is 22.2 Å². The van der Waals surface area contributed by atoms with Crippen molar-refractivity contribution in [3.8, 4) is 11.5 Å². The smallest absolute Gasteiger partial charge is 0.139 e. The number of methoxy groups -OCH3 is 2. The van der Waals surface area contributed by atoms with Crippen LogP contribution in [-0.4, -0.2) is 20.8 Å². The van der Waals surface area contributed by atoms with Crippen molar-refractivity contribution in [2.75, 3.05) is 20.8 Å². The number of rotatable bonds is 4. The van der Waals surface area contributed by atoms with Gasteiger partial charge in [-0.1, -0.05) is 0 Å². The van der Waals surface area contributed by atoms with Crippen molar-refractivity contribution >= 4 is 15.9 Å². The molecule has 0 aromatic heterocycles. The highest BCUT2D eigenvalue weighted by molar-refractivity contribution is 9.10. The molecule has 0 unspecified atom stereocenters. The van der Waals surface area contributed by atoms with E-state index in [4.69, 9.17) is 15.2 Å². The zero-order valence-corrected chi connectivity index (χ0v) is 9.93. The van der Waals surface area contributed by atoms with E-state index in [9.17, 15) is 0 Å². The van der Waals surface area contributed by atoms with Crippen LogP contribution in [0.2, 0.25) is 0 Å². The van der Waals surface area contributed by atoms with Crippen molar-refractivity contribution in [2.45, 2.75) is 6.42 Å². The topological polar surface area (TPSA) is 44.5 Å². The van der Waals surface area contributed by atoms with E-state index in [0.717, 1.165) is 28.0 Å². The first kappa shape index (κ1) is 11.3. The molecule has 0 spiro atoms. The number of ether oxygens (including phenoxy) is 2. The van der Waals surface area contributed by atoms with Crippen LogP contribution in [0.1, 0.15) is 5.56 Å². The molecular formula is C10H14BrNO2. The van der Waals surface area contributed by atoms with Gasteiger partial charge in [0.05, 0.1) is 18.7 Å². The van der Waals surface area contributed by atoms with Gasteiger partial charge in [-0.15, -0.1) is 0 Å². The molecule has 78 valence electrons. The number of benzene rings is 1. The van der Waals surface area contributed by atoms with E-state index in [0.29, 0.717) is 6.54 Å². The minimum Gasteiger partial charge on any atom is -0.496 e. The molecule has 0 atom stereocenters. The van der Waals surface area contributed by atoms with Crippen molar-refractivity contribution < 1.29 is 9.47 Å². The second kappa shape index (κ2) is 5.22. The molecule has 0 fully saturated rings. The van der Waals surface area contributed by atoms with Crippen LogP contribution in [0, 0.1) is 0 Å². The highest BCUT2D eigenvalue weighted by Crippen LogP contribution is 2.35. The Hall–Kier alpha value is -0.740. The minimum absolute atomic E-state index is 0.573. The highest BCUT2D eigenvalue weighted by atomic mass is 79.9. The highest BCUT2D eigenvalue weighted by Gasteiger charge is 2.12. The van der Waals surface area contributed by atoms with E-state index in [1.54, 1.807) is 14.2 Å². The fourth-order valence-corrected chi connectivity index (χ4v) is 1.91. The maximum Gasteiger partial charge on any atom is 0.139 e. The summed E-state index contributed by atoms with van der Waals surface area (Å²) in [6.45, 7) is 0.573. The molecule has 14 heavy (non-hydrogen) atoms. The third-order valence-electron chi connectivity index (χ3n) is 1.99. The van der Waals surface area contributed by atoms with Gasteiger partial charge in [-0.2, -0.15) is 0 Å². The van der Waals surface area contributed by atoms with Gasteiger partial charge in [-0.25, -0.2) is 0 Å². The molecule has 0 aliphatic carbocycles. The third-order valence-corrected chi connectivity index (χ3v) is 2.61. The van der Waals surface area contributed by atoms with Gasteiger partial charge in [0.1, 0.15) is 11.5 Å². The normalized spacial score (nSPS) is 10.0. The molecule has 0 bridgehead atoms. The average Bonchev–Trinajstić information content (AvgIpc) is 2.19. The Morgan fingerprint density at radius 1 is 1.29 bits per heavy atom. The van der Waals surface area contributed by atoms with Crippen LogP contribution in [-0.2, 0) is 6.42 Å². The van der Waals surface area contributed by atoms with E-state index in [-0.39, 0.29) is 0 Å². The van der Waals surface area contributed by atoms with Crippen LogP contribution < -0.4 is 15.2 Å². The van der Waals surface area contributed by atoms with Crippen molar-refractivity contribution in [1.82, 2.24) is 0 Å². The Morgan fingerprint density at radius 2 is 2.00 bits per heavy atom. The summed E-state index contributed by atoms with van der Waals surface area (Å²) in [7, 11) is 3.28. The maximum absolute atomic E-state index is 5.53. The molecule has 0 aliphatic rings. The third kappa shape index (κ3) is 2.19. The second-order valence-electron chi connectivity index (χ2n) is 2.80. The SMILES string of the molecule is COc1ccc(Br)c(OC)c1CCN. The zero-order valence-electron chi connectivity index (χ0n) is 8.34. The number of nitrogens with two attached hydrogens (primary N) is 1. The second-order valence-corrected chi connectivity index (χ2v) is 3.65. The lowest BCUT2D eigenvalue weighted by atomic mass is 10.1. The van der Waals surface area contributed by atoms with Gasteiger partial charge in [0, 0.05) is 5.56 Å². The van der Waals surface area contributed by atoms with Crippen molar-refractivity contribution in [3.63, 3.8) is 0 Å². The summed E-state index contributed by atoms with van der Waals surface area (Å²) in [6, 6.07) is 3.80. The Labute approximate surface area is 92.3 Å². The standard InChI is InChI=1S/C10H14BrNO2/c1-13-9-4-3-8(11)10(14-2)7(9)5-6-12/h3-4H,5-6,12H2,1-2H3. The molecule has 2 N–H and O–H groups in total. The van der Waals surface area contributed by atoms with Crippen LogP contribution >= 0.6 is 15.9 Å². The molecule has 0 aliphatic heterocycles. The summed E-state index contributed by atoms with van der Waals surface area (Å²) in [4.78, 5) is 0. The lowest BCUT2D eigenvalue weighted by Gasteiger charge is -2.13. The van der Waals surface area contributed by atoms with Crippen molar-refractivity contribution in [2.24, 2.45) is 5.73 Å². The molecule has 4 heteroatoms. The van der Waals surface area contributed by atoms with E-state index in [1.807, 2.05) is 12.1 Å². The molecule has 1 aromatic carbocycles. The van der Waals surface area contributed by atoms with Crippen LogP contribution in [0.5, 0.6) is 11.5 Å². The lowest BCUT2D eigenvalue weighted by Crippen LogP contribution is -2.06. The van der Waals surface area contributed by atoms with Crippen LogP contribution in [0.4, 0.5) is 0 Å². The summed E-state index contributed by atoms with van der Waals surface area (Å²) in [5.41, 5.74) is 6.54. The summed E-state index contributed by atoms with van der Waals surface area (Å²) in [5, 5.41) is 0. The van der Waals surface area contributed by atoms with Crippen LogP contribution in [0.3, 0.4) is 0 Å². The molecule has 0 saturated heterocycles. The van der Waals surface area contributed by atoms with Gasteiger partial charge in [-0.3, -0.25) is 0 Å². The number of hydrogen-bond acceptors (Lipinski definition) is 3. The van der Waals surface area contributed by atoms with Gasteiger partial charge >= 0.3 is 0 Å². The molecular weight excluding hydrogens is 246 g/mol. The predicted octanol–water partition coefficient (Wildman–Crippen LogP) is 1.97. The number of hydrogen-bond donors (Lipinski definition) is 1. The Balaban J connectivity index is 3.21. The van der Waals surface area contributed by atoms with Crippen LogP contribution in [0.15, 0.2) is 16.6 Å². The van der Waals surface area contributed by atoms with Gasteiger partial charge in [0.15, 0.2) is 0 Å². The summed E-state index contributed by atoms with van der Waals surface area (Å²) < 4.78 is 11.4. The van der Waals surface area contributed by atoms with Gasteiger partial charge in [0.25, 0.3) is 0 Å². The average molecular weight is 260 g/mol. The quantitative estimate of drug-likeness (QED) is 0.900.